The van der Waals surface area contributed by atoms with Crippen LogP contribution >= 0.6 is 27.5 Å². The minimum absolute atomic E-state index is 0.136. The Bertz CT molecular complexity index is 440. The van der Waals surface area contributed by atoms with E-state index in [4.69, 9.17) is 17.3 Å². The number of nitrogens with one attached hydrogen (secondary N) is 2. The summed E-state index contributed by atoms with van der Waals surface area (Å²) in [4.78, 5) is 22.3. The van der Waals surface area contributed by atoms with E-state index in [-0.39, 0.29) is 24.9 Å². The lowest BCUT2D eigenvalue weighted by Crippen LogP contribution is -2.36. The molecule has 0 bridgehead atoms. The first-order valence-electron chi connectivity index (χ1n) is 4.74. The summed E-state index contributed by atoms with van der Waals surface area (Å²) >= 11 is 9.17. The van der Waals surface area contributed by atoms with Crippen molar-refractivity contribution in [2.24, 2.45) is 5.73 Å². The molecule has 0 aliphatic carbocycles. The molecule has 0 fully saturated rings. The van der Waals surface area contributed by atoms with E-state index in [1.165, 1.54) is 0 Å². The molecule has 0 aliphatic rings. The SMILES string of the molecule is NCC(=O)NCC(=O)Nc1ccc(Br)cc1Cl. The predicted molar refractivity (Wildman–Crippen MR) is 69.8 cm³/mol. The zero-order valence-corrected chi connectivity index (χ0v) is 11.1. The molecular formula is C10H11BrClN3O2. The first-order valence-corrected chi connectivity index (χ1v) is 5.91. The minimum atomic E-state index is -0.387. The second kappa shape index (κ2) is 6.58. The number of nitrogens with two attached hydrogens (primary N) is 1. The average Bonchev–Trinajstić information content (AvgIpc) is 2.29. The van der Waals surface area contributed by atoms with Crippen LogP contribution in [-0.4, -0.2) is 24.9 Å². The molecule has 17 heavy (non-hydrogen) atoms. The fourth-order valence-electron chi connectivity index (χ4n) is 1.04. The van der Waals surface area contributed by atoms with Crippen LogP contribution in [0.3, 0.4) is 0 Å². The molecule has 7 heteroatoms. The van der Waals surface area contributed by atoms with Crippen molar-refractivity contribution >= 4 is 45.0 Å². The number of amides is 2. The first kappa shape index (κ1) is 14.0. The highest BCUT2D eigenvalue weighted by Crippen LogP contribution is 2.25. The molecule has 0 heterocycles. The molecule has 5 nitrogen and oxygen atoms in total. The molecule has 0 saturated heterocycles. The Morgan fingerprint density at radius 2 is 2.06 bits per heavy atom. The monoisotopic (exact) mass is 319 g/mol. The van der Waals surface area contributed by atoms with Gasteiger partial charge in [-0.25, -0.2) is 0 Å². The summed E-state index contributed by atoms with van der Waals surface area (Å²) < 4.78 is 0.817. The van der Waals surface area contributed by atoms with Crippen LogP contribution < -0.4 is 16.4 Å². The molecule has 0 spiro atoms. The lowest BCUT2D eigenvalue weighted by atomic mass is 10.3. The van der Waals surface area contributed by atoms with Crippen molar-refractivity contribution in [1.82, 2.24) is 5.32 Å². The Hall–Kier alpha value is -1.11. The van der Waals surface area contributed by atoms with Gasteiger partial charge in [0.2, 0.25) is 11.8 Å². The number of carbonyl (C=O) groups is 2. The summed E-state index contributed by atoms with van der Waals surface area (Å²) in [6.45, 7) is -0.283. The molecule has 4 N–H and O–H groups in total. The number of rotatable bonds is 4. The van der Waals surface area contributed by atoms with Gasteiger partial charge in [-0.3, -0.25) is 9.59 Å². The molecule has 0 aromatic heterocycles. The maximum absolute atomic E-state index is 11.4. The topological polar surface area (TPSA) is 84.2 Å². The summed E-state index contributed by atoms with van der Waals surface area (Å²) in [7, 11) is 0. The molecule has 0 radical (unpaired) electrons. The number of hydrogen-bond acceptors (Lipinski definition) is 3. The molecule has 1 rings (SSSR count). The van der Waals surface area contributed by atoms with Gasteiger partial charge in [0.15, 0.2) is 0 Å². The van der Waals surface area contributed by atoms with Crippen LogP contribution in [0.25, 0.3) is 0 Å². The molecule has 0 unspecified atom stereocenters. The number of benzene rings is 1. The van der Waals surface area contributed by atoms with Gasteiger partial charge in [-0.1, -0.05) is 27.5 Å². The Morgan fingerprint density at radius 1 is 1.35 bits per heavy atom. The van der Waals surface area contributed by atoms with Gasteiger partial charge in [0.05, 0.1) is 23.8 Å². The Morgan fingerprint density at radius 3 is 2.65 bits per heavy atom. The highest BCUT2D eigenvalue weighted by molar-refractivity contribution is 9.10. The standard InChI is InChI=1S/C10H11BrClN3O2/c11-6-1-2-8(7(12)3-6)15-10(17)5-14-9(16)4-13/h1-3H,4-5,13H2,(H,14,16)(H,15,17). The van der Waals surface area contributed by atoms with Crippen LogP contribution in [0.2, 0.25) is 5.02 Å². The molecular weight excluding hydrogens is 309 g/mol. The third kappa shape index (κ3) is 4.72. The minimum Gasteiger partial charge on any atom is -0.346 e. The molecule has 0 atom stereocenters. The van der Waals surface area contributed by atoms with Crippen molar-refractivity contribution < 1.29 is 9.59 Å². The highest BCUT2D eigenvalue weighted by Gasteiger charge is 2.07. The van der Waals surface area contributed by atoms with Crippen molar-refractivity contribution in [3.8, 4) is 0 Å². The van der Waals surface area contributed by atoms with Crippen molar-refractivity contribution in [2.45, 2.75) is 0 Å². The fourth-order valence-corrected chi connectivity index (χ4v) is 1.76. The zero-order valence-electron chi connectivity index (χ0n) is 8.80. The molecule has 2 amide bonds. The van der Waals surface area contributed by atoms with Crippen LogP contribution in [0.5, 0.6) is 0 Å². The van der Waals surface area contributed by atoms with E-state index in [1.807, 2.05) is 0 Å². The smallest absolute Gasteiger partial charge is 0.243 e. The maximum atomic E-state index is 11.4. The van der Waals surface area contributed by atoms with Gasteiger partial charge in [-0.2, -0.15) is 0 Å². The lowest BCUT2D eigenvalue weighted by molar-refractivity contribution is -0.123. The van der Waals surface area contributed by atoms with Crippen LogP contribution in [0.4, 0.5) is 5.69 Å². The molecule has 92 valence electrons. The van der Waals surface area contributed by atoms with Gasteiger partial charge in [0, 0.05) is 4.47 Å². The average molecular weight is 321 g/mol. The van der Waals surface area contributed by atoms with Crippen LogP contribution in [0.1, 0.15) is 0 Å². The summed E-state index contributed by atoms with van der Waals surface area (Å²) in [6, 6.07) is 5.07. The van der Waals surface area contributed by atoms with Gasteiger partial charge in [-0.15, -0.1) is 0 Å². The lowest BCUT2D eigenvalue weighted by Gasteiger charge is -2.08. The quantitative estimate of drug-likeness (QED) is 0.777. The van der Waals surface area contributed by atoms with Crippen molar-refractivity contribution in [1.29, 1.82) is 0 Å². The molecule has 1 aromatic rings. The van der Waals surface area contributed by atoms with Gasteiger partial charge >= 0.3 is 0 Å². The van der Waals surface area contributed by atoms with E-state index in [1.54, 1.807) is 18.2 Å². The van der Waals surface area contributed by atoms with E-state index in [0.717, 1.165) is 4.47 Å². The van der Waals surface area contributed by atoms with Crippen molar-refractivity contribution in [3.05, 3.63) is 27.7 Å². The fraction of sp³-hybridized carbons (Fsp3) is 0.200. The first-order chi connectivity index (χ1) is 8.02. The number of halogens is 2. The largest absolute Gasteiger partial charge is 0.346 e. The zero-order chi connectivity index (χ0) is 12.8. The number of anilines is 1. The highest BCUT2D eigenvalue weighted by atomic mass is 79.9. The van der Waals surface area contributed by atoms with E-state index in [2.05, 4.69) is 26.6 Å². The predicted octanol–water partition coefficient (Wildman–Crippen LogP) is 1.12. The van der Waals surface area contributed by atoms with E-state index < -0.39 is 0 Å². The Labute approximate surface area is 112 Å². The summed E-state index contributed by atoms with van der Waals surface area (Å²) in [5.74, 6) is -0.752. The Kier molecular flexibility index (Phi) is 5.40. The molecule has 0 saturated carbocycles. The van der Waals surface area contributed by atoms with Crippen LogP contribution in [0.15, 0.2) is 22.7 Å². The van der Waals surface area contributed by atoms with Crippen LogP contribution in [-0.2, 0) is 9.59 Å². The van der Waals surface area contributed by atoms with Gasteiger partial charge < -0.3 is 16.4 Å². The number of carbonyl (C=O) groups excluding carboxylic acids is 2. The van der Waals surface area contributed by atoms with Crippen molar-refractivity contribution in [2.75, 3.05) is 18.4 Å². The van der Waals surface area contributed by atoms with Gasteiger partial charge in [0.25, 0.3) is 0 Å². The normalized spacial score (nSPS) is 9.82. The maximum Gasteiger partial charge on any atom is 0.243 e. The second-order valence-electron chi connectivity index (χ2n) is 3.15. The summed E-state index contributed by atoms with van der Waals surface area (Å²) in [5.41, 5.74) is 5.57. The van der Waals surface area contributed by atoms with Gasteiger partial charge in [-0.05, 0) is 18.2 Å². The van der Waals surface area contributed by atoms with E-state index in [0.29, 0.717) is 10.7 Å². The summed E-state index contributed by atoms with van der Waals surface area (Å²) in [5, 5.41) is 5.34. The second-order valence-corrected chi connectivity index (χ2v) is 4.48. The third-order valence-corrected chi connectivity index (χ3v) is 2.64. The van der Waals surface area contributed by atoms with E-state index >= 15 is 0 Å². The number of hydrogen-bond donors (Lipinski definition) is 3. The molecule has 1 aromatic carbocycles. The van der Waals surface area contributed by atoms with Crippen LogP contribution in [0, 0.1) is 0 Å². The van der Waals surface area contributed by atoms with E-state index in [9.17, 15) is 9.59 Å². The van der Waals surface area contributed by atoms with Gasteiger partial charge in [0.1, 0.15) is 0 Å². The molecule has 0 aliphatic heterocycles. The third-order valence-electron chi connectivity index (χ3n) is 1.84. The Balaban J connectivity index is 2.53. The van der Waals surface area contributed by atoms with Crippen molar-refractivity contribution in [3.63, 3.8) is 0 Å². The summed E-state index contributed by atoms with van der Waals surface area (Å²) in [6.07, 6.45) is 0.